The van der Waals surface area contributed by atoms with Gasteiger partial charge in [-0.1, -0.05) is 13.8 Å². The van der Waals surface area contributed by atoms with Gasteiger partial charge in [0.1, 0.15) is 18.2 Å². The van der Waals surface area contributed by atoms with Crippen LogP contribution in [0.1, 0.15) is 31.7 Å². The van der Waals surface area contributed by atoms with E-state index in [2.05, 4.69) is 0 Å². The minimum atomic E-state index is -1.08. The topological polar surface area (TPSA) is 57.6 Å². The Morgan fingerprint density at radius 1 is 1.36 bits per heavy atom. The van der Waals surface area contributed by atoms with E-state index in [4.69, 9.17) is 5.11 Å². The van der Waals surface area contributed by atoms with Gasteiger partial charge in [-0.2, -0.15) is 0 Å². The van der Waals surface area contributed by atoms with Crippen LogP contribution in [0.5, 0.6) is 0 Å². The lowest BCUT2D eigenvalue weighted by molar-refractivity contribution is -0.145. The van der Waals surface area contributed by atoms with Crippen LogP contribution in [0.25, 0.3) is 0 Å². The van der Waals surface area contributed by atoms with Crippen LogP contribution in [0.3, 0.4) is 0 Å². The van der Waals surface area contributed by atoms with Crippen molar-refractivity contribution in [2.45, 2.75) is 26.2 Å². The highest BCUT2D eigenvalue weighted by molar-refractivity contribution is 5.86. The number of carbonyl (C=O) groups excluding carboxylic acids is 1. The monoisotopic (exact) mass is 311 g/mol. The Labute approximate surface area is 127 Å². The highest BCUT2D eigenvalue weighted by Crippen LogP contribution is 2.49. The molecular formula is C16H19F2NO3. The summed E-state index contributed by atoms with van der Waals surface area (Å²) in [6, 6.07) is 3.19. The van der Waals surface area contributed by atoms with Crippen LogP contribution in [-0.2, 0) is 9.59 Å². The molecule has 120 valence electrons. The molecule has 1 saturated carbocycles. The van der Waals surface area contributed by atoms with Crippen molar-refractivity contribution >= 4 is 11.9 Å². The molecule has 1 aromatic rings. The number of rotatable bonds is 6. The molecule has 1 N–H and O–H groups in total. The van der Waals surface area contributed by atoms with Crippen molar-refractivity contribution in [1.82, 2.24) is 4.90 Å². The molecule has 6 heteroatoms. The van der Waals surface area contributed by atoms with Crippen molar-refractivity contribution in [3.8, 4) is 0 Å². The van der Waals surface area contributed by atoms with Crippen LogP contribution in [0, 0.1) is 23.5 Å². The van der Waals surface area contributed by atoms with Crippen molar-refractivity contribution in [1.29, 1.82) is 0 Å². The summed E-state index contributed by atoms with van der Waals surface area (Å²) >= 11 is 0. The number of carboxylic acid groups (broad SMARTS) is 1. The summed E-state index contributed by atoms with van der Waals surface area (Å²) in [5.41, 5.74) is 0.193. The maximum Gasteiger partial charge on any atom is 0.323 e. The average molecular weight is 311 g/mol. The predicted octanol–water partition coefficient (Wildman–Crippen LogP) is 2.64. The summed E-state index contributed by atoms with van der Waals surface area (Å²) < 4.78 is 27.0. The number of hydrogen-bond acceptors (Lipinski definition) is 2. The number of carbonyl (C=O) groups is 2. The van der Waals surface area contributed by atoms with E-state index in [1.54, 1.807) is 0 Å². The summed E-state index contributed by atoms with van der Waals surface area (Å²) in [7, 11) is 0. The summed E-state index contributed by atoms with van der Waals surface area (Å²) in [5, 5.41) is 8.91. The average Bonchev–Trinajstić information content (AvgIpc) is 3.19. The minimum absolute atomic E-state index is 0.131. The first-order chi connectivity index (χ1) is 10.3. The number of hydrogen-bond donors (Lipinski definition) is 1. The van der Waals surface area contributed by atoms with Crippen LogP contribution in [0.15, 0.2) is 18.2 Å². The molecule has 22 heavy (non-hydrogen) atoms. The molecule has 0 aliphatic heterocycles. The molecule has 4 nitrogen and oxygen atoms in total. The van der Waals surface area contributed by atoms with Gasteiger partial charge in [0.25, 0.3) is 0 Å². The molecule has 1 amide bonds. The lowest BCUT2D eigenvalue weighted by atomic mass is 10.1. The maximum atomic E-state index is 13.7. The van der Waals surface area contributed by atoms with Gasteiger partial charge in [-0.3, -0.25) is 9.59 Å². The lowest BCUT2D eigenvalue weighted by Gasteiger charge is -2.23. The standard InChI is InChI=1S/C16H19F2NO3/c1-9(2)7-19(8-15(20)21)16(22)13-6-11(13)12-5-10(17)3-4-14(12)18/h3-5,9,11,13H,6-8H2,1-2H3,(H,20,21). The van der Waals surface area contributed by atoms with Crippen LogP contribution < -0.4 is 0 Å². The van der Waals surface area contributed by atoms with Crippen molar-refractivity contribution in [2.24, 2.45) is 11.8 Å². The van der Waals surface area contributed by atoms with E-state index in [9.17, 15) is 18.4 Å². The first-order valence-electron chi connectivity index (χ1n) is 7.25. The van der Waals surface area contributed by atoms with E-state index >= 15 is 0 Å². The number of benzene rings is 1. The second kappa shape index (κ2) is 6.42. The van der Waals surface area contributed by atoms with Gasteiger partial charge in [-0.25, -0.2) is 8.78 Å². The normalized spacial score (nSPS) is 20.0. The molecular weight excluding hydrogens is 292 g/mol. The third-order valence-electron chi connectivity index (χ3n) is 3.69. The first-order valence-corrected chi connectivity index (χ1v) is 7.25. The van der Waals surface area contributed by atoms with Gasteiger partial charge in [-0.05, 0) is 42.0 Å². The fourth-order valence-corrected chi connectivity index (χ4v) is 2.68. The van der Waals surface area contributed by atoms with Gasteiger partial charge < -0.3 is 10.0 Å². The molecule has 1 fully saturated rings. The van der Waals surface area contributed by atoms with E-state index in [0.717, 1.165) is 18.2 Å². The van der Waals surface area contributed by atoms with Crippen LogP contribution in [0.2, 0.25) is 0 Å². The Kier molecular flexibility index (Phi) is 4.78. The minimum Gasteiger partial charge on any atom is -0.480 e. The Bertz CT molecular complexity index is 589. The van der Waals surface area contributed by atoms with Gasteiger partial charge in [0, 0.05) is 12.5 Å². The number of amides is 1. The Balaban J connectivity index is 2.10. The van der Waals surface area contributed by atoms with E-state index in [1.165, 1.54) is 4.90 Å². The van der Waals surface area contributed by atoms with Gasteiger partial charge in [-0.15, -0.1) is 0 Å². The number of carboxylic acids is 1. The van der Waals surface area contributed by atoms with Crippen LogP contribution >= 0.6 is 0 Å². The quantitative estimate of drug-likeness (QED) is 0.878. The third kappa shape index (κ3) is 3.81. The predicted molar refractivity (Wildman–Crippen MR) is 76.3 cm³/mol. The van der Waals surface area contributed by atoms with Gasteiger partial charge in [0.05, 0.1) is 0 Å². The second-order valence-electron chi connectivity index (χ2n) is 6.12. The number of aliphatic carboxylic acids is 1. The van der Waals surface area contributed by atoms with E-state index in [-0.39, 0.29) is 29.9 Å². The summed E-state index contributed by atoms with van der Waals surface area (Å²) in [6.45, 7) is 3.74. The van der Waals surface area contributed by atoms with Crippen molar-refractivity contribution < 1.29 is 23.5 Å². The van der Waals surface area contributed by atoms with Gasteiger partial charge in [0.2, 0.25) is 5.91 Å². The third-order valence-corrected chi connectivity index (χ3v) is 3.69. The maximum absolute atomic E-state index is 13.7. The largest absolute Gasteiger partial charge is 0.480 e. The SMILES string of the molecule is CC(C)CN(CC(=O)O)C(=O)C1CC1c1cc(F)ccc1F. The lowest BCUT2D eigenvalue weighted by Crippen LogP contribution is -2.39. The zero-order chi connectivity index (χ0) is 16.4. The molecule has 0 heterocycles. The fourth-order valence-electron chi connectivity index (χ4n) is 2.68. The molecule has 0 radical (unpaired) electrons. The van der Waals surface area contributed by atoms with Crippen LogP contribution in [-0.4, -0.2) is 35.0 Å². The highest BCUT2D eigenvalue weighted by atomic mass is 19.1. The molecule has 1 aliphatic rings. The Hall–Kier alpha value is -1.98. The van der Waals surface area contributed by atoms with E-state index < -0.39 is 23.5 Å². The zero-order valence-electron chi connectivity index (χ0n) is 12.6. The van der Waals surface area contributed by atoms with Crippen molar-refractivity contribution in [3.05, 3.63) is 35.4 Å². The van der Waals surface area contributed by atoms with E-state index in [1.807, 2.05) is 13.8 Å². The zero-order valence-corrected chi connectivity index (χ0v) is 12.6. The molecule has 0 aromatic heterocycles. The first kappa shape index (κ1) is 16.4. The molecule has 1 aliphatic carbocycles. The molecule has 1 aromatic carbocycles. The van der Waals surface area contributed by atoms with Gasteiger partial charge >= 0.3 is 5.97 Å². The molecule has 2 atom stereocenters. The van der Waals surface area contributed by atoms with Crippen molar-refractivity contribution in [2.75, 3.05) is 13.1 Å². The fraction of sp³-hybridized carbons (Fsp3) is 0.500. The second-order valence-corrected chi connectivity index (χ2v) is 6.12. The molecule has 2 unspecified atom stereocenters. The smallest absolute Gasteiger partial charge is 0.323 e. The number of halogens is 2. The van der Waals surface area contributed by atoms with Crippen molar-refractivity contribution in [3.63, 3.8) is 0 Å². The Morgan fingerprint density at radius 2 is 2.05 bits per heavy atom. The number of nitrogens with zero attached hydrogens (tertiary/aromatic N) is 1. The van der Waals surface area contributed by atoms with Crippen LogP contribution in [0.4, 0.5) is 8.78 Å². The molecule has 0 spiro atoms. The molecule has 0 bridgehead atoms. The summed E-state index contributed by atoms with van der Waals surface area (Å²) in [5.74, 6) is -3.16. The molecule has 2 rings (SSSR count). The summed E-state index contributed by atoms with van der Waals surface area (Å²) in [4.78, 5) is 24.6. The summed E-state index contributed by atoms with van der Waals surface area (Å²) in [6.07, 6.45) is 0.424. The highest BCUT2D eigenvalue weighted by Gasteiger charge is 2.47. The Morgan fingerprint density at radius 3 is 2.64 bits per heavy atom. The van der Waals surface area contributed by atoms with Gasteiger partial charge in [0.15, 0.2) is 0 Å². The van der Waals surface area contributed by atoms with E-state index in [0.29, 0.717) is 13.0 Å². The molecule has 0 saturated heterocycles.